The fourth-order valence-electron chi connectivity index (χ4n) is 1.93. The van der Waals surface area contributed by atoms with Gasteiger partial charge in [0.15, 0.2) is 5.83 Å². The summed E-state index contributed by atoms with van der Waals surface area (Å²) in [6, 6.07) is 0. The molecule has 2 aliphatic rings. The predicted octanol–water partition coefficient (Wildman–Crippen LogP) is 0.860. The zero-order chi connectivity index (χ0) is 12.4. The third-order valence-electron chi connectivity index (χ3n) is 3.30. The number of likely N-dealkylation sites (tertiary alicyclic amines) is 1. The standard InChI is InChI=1S/C12H18FNO3/c1-8(9-2-3-9)11(13)12(16)14-6-10(7-14)17-5-4-15/h9-10,15H,2-7H2,1H3/b11-8-. The molecule has 1 heterocycles. The van der Waals surface area contributed by atoms with Crippen molar-refractivity contribution in [2.24, 2.45) is 5.92 Å². The second-order valence-corrected chi connectivity index (χ2v) is 4.70. The highest BCUT2D eigenvalue weighted by atomic mass is 19.1. The smallest absolute Gasteiger partial charge is 0.282 e. The average Bonchev–Trinajstić information content (AvgIpc) is 3.08. The van der Waals surface area contributed by atoms with Crippen LogP contribution in [0.1, 0.15) is 19.8 Å². The van der Waals surface area contributed by atoms with Crippen molar-refractivity contribution in [2.75, 3.05) is 26.3 Å². The number of aliphatic hydroxyl groups is 1. The van der Waals surface area contributed by atoms with Crippen LogP contribution in [0.2, 0.25) is 0 Å². The van der Waals surface area contributed by atoms with E-state index in [-0.39, 0.29) is 25.2 Å². The Balaban J connectivity index is 1.80. The molecule has 0 aromatic carbocycles. The summed E-state index contributed by atoms with van der Waals surface area (Å²) in [6.45, 7) is 2.78. The first-order valence-corrected chi connectivity index (χ1v) is 6.01. The number of rotatable bonds is 5. The largest absolute Gasteiger partial charge is 0.394 e. The molecule has 0 bridgehead atoms. The van der Waals surface area contributed by atoms with Crippen molar-refractivity contribution in [3.8, 4) is 0 Å². The van der Waals surface area contributed by atoms with Gasteiger partial charge in [-0.3, -0.25) is 4.79 Å². The van der Waals surface area contributed by atoms with Crippen LogP contribution in [0.3, 0.4) is 0 Å². The van der Waals surface area contributed by atoms with Gasteiger partial charge in [-0.2, -0.15) is 0 Å². The lowest BCUT2D eigenvalue weighted by Crippen LogP contribution is -2.55. The van der Waals surface area contributed by atoms with E-state index in [2.05, 4.69) is 0 Å². The Hall–Kier alpha value is -0.940. The number of amides is 1. The number of ether oxygens (including phenoxy) is 1. The van der Waals surface area contributed by atoms with Gasteiger partial charge in [0.1, 0.15) is 0 Å². The first-order chi connectivity index (χ1) is 8.13. The zero-order valence-electron chi connectivity index (χ0n) is 9.99. The fraction of sp³-hybridized carbons (Fsp3) is 0.750. The number of aliphatic hydroxyl groups excluding tert-OH is 1. The van der Waals surface area contributed by atoms with Crippen molar-refractivity contribution < 1.29 is 19.0 Å². The normalized spacial score (nSPS) is 22.2. The second kappa shape index (κ2) is 5.14. The van der Waals surface area contributed by atoms with E-state index in [9.17, 15) is 9.18 Å². The van der Waals surface area contributed by atoms with Crippen LogP contribution in [0.4, 0.5) is 4.39 Å². The Labute approximate surface area is 100 Å². The van der Waals surface area contributed by atoms with E-state index in [1.165, 1.54) is 4.90 Å². The molecule has 0 unspecified atom stereocenters. The van der Waals surface area contributed by atoms with Gasteiger partial charge in [-0.25, -0.2) is 4.39 Å². The molecule has 0 spiro atoms. The van der Waals surface area contributed by atoms with Gasteiger partial charge < -0.3 is 14.7 Å². The SMILES string of the molecule is C/C(=C(/F)C(=O)N1CC(OCCO)C1)C1CC1. The Morgan fingerprint density at radius 2 is 2.12 bits per heavy atom. The Morgan fingerprint density at radius 3 is 2.65 bits per heavy atom. The maximum atomic E-state index is 13.7. The Kier molecular flexibility index (Phi) is 3.79. The fourth-order valence-corrected chi connectivity index (χ4v) is 1.93. The van der Waals surface area contributed by atoms with Gasteiger partial charge in [0.05, 0.1) is 19.3 Å². The van der Waals surface area contributed by atoms with Crippen molar-refractivity contribution in [1.82, 2.24) is 4.90 Å². The molecule has 1 saturated heterocycles. The van der Waals surface area contributed by atoms with Gasteiger partial charge in [0, 0.05) is 13.1 Å². The van der Waals surface area contributed by atoms with E-state index < -0.39 is 11.7 Å². The number of nitrogens with zero attached hydrogens (tertiary/aromatic N) is 1. The van der Waals surface area contributed by atoms with Gasteiger partial charge in [0.2, 0.25) is 0 Å². The van der Waals surface area contributed by atoms with E-state index in [4.69, 9.17) is 9.84 Å². The molecule has 1 amide bonds. The summed E-state index contributed by atoms with van der Waals surface area (Å²) in [5.41, 5.74) is 0.592. The quantitative estimate of drug-likeness (QED) is 0.729. The first kappa shape index (κ1) is 12.5. The third kappa shape index (κ3) is 2.84. The lowest BCUT2D eigenvalue weighted by molar-refractivity contribution is -0.143. The maximum absolute atomic E-state index is 13.7. The van der Waals surface area contributed by atoms with Crippen LogP contribution in [0, 0.1) is 5.92 Å². The highest BCUT2D eigenvalue weighted by Gasteiger charge is 2.35. The van der Waals surface area contributed by atoms with Crippen molar-refractivity contribution in [3.63, 3.8) is 0 Å². The van der Waals surface area contributed by atoms with Gasteiger partial charge in [0.25, 0.3) is 5.91 Å². The highest BCUT2D eigenvalue weighted by molar-refractivity contribution is 5.92. The van der Waals surface area contributed by atoms with Gasteiger partial charge in [-0.15, -0.1) is 0 Å². The monoisotopic (exact) mass is 243 g/mol. The molecule has 0 aromatic heterocycles. The summed E-state index contributed by atoms with van der Waals surface area (Å²) in [5.74, 6) is -0.826. The second-order valence-electron chi connectivity index (χ2n) is 4.70. The van der Waals surface area contributed by atoms with E-state index in [0.717, 1.165) is 12.8 Å². The van der Waals surface area contributed by atoms with Crippen molar-refractivity contribution in [2.45, 2.75) is 25.9 Å². The number of allylic oxidation sites excluding steroid dienone is 1. The van der Waals surface area contributed by atoms with Gasteiger partial charge >= 0.3 is 0 Å². The summed E-state index contributed by atoms with van der Waals surface area (Å²) < 4.78 is 19.0. The van der Waals surface area contributed by atoms with Crippen LogP contribution in [0.5, 0.6) is 0 Å². The topological polar surface area (TPSA) is 49.8 Å². The lowest BCUT2D eigenvalue weighted by Gasteiger charge is -2.38. The van der Waals surface area contributed by atoms with Crippen molar-refractivity contribution >= 4 is 5.91 Å². The molecule has 0 aromatic rings. The van der Waals surface area contributed by atoms with E-state index in [1.807, 2.05) is 0 Å². The maximum Gasteiger partial charge on any atom is 0.282 e. The molecule has 0 radical (unpaired) electrons. The molecule has 2 rings (SSSR count). The minimum Gasteiger partial charge on any atom is -0.394 e. The highest BCUT2D eigenvalue weighted by Crippen LogP contribution is 2.38. The summed E-state index contributed by atoms with van der Waals surface area (Å²) in [7, 11) is 0. The van der Waals surface area contributed by atoms with Crippen LogP contribution in [0.25, 0.3) is 0 Å². The van der Waals surface area contributed by atoms with Crippen LogP contribution in [0.15, 0.2) is 11.4 Å². The Bertz CT molecular complexity index is 333. The molecule has 17 heavy (non-hydrogen) atoms. The van der Waals surface area contributed by atoms with Crippen LogP contribution >= 0.6 is 0 Å². The van der Waals surface area contributed by atoms with E-state index in [0.29, 0.717) is 18.7 Å². The minimum atomic E-state index is -0.590. The minimum absolute atomic E-state index is 0.0283. The molecular weight excluding hydrogens is 225 g/mol. The van der Waals surface area contributed by atoms with Crippen LogP contribution in [-0.2, 0) is 9.53 Å². The Morgan fingerprint density at radius 1 is 1.47 bits per heavy atom. The zero-order valence-corrected chi connectivity index (χ0v) is 9.99. The molecule has 1 aliphatic carbocycles. The van der Waals surface area contributed by atoms with Gasteiger partial charge in [-0.05, 0) is 31.3 Å². The summed E-state index contributed by atoms with van der Waals surface area (Å²) in [5, 5.41) is 8.57. The molecule has 1 saturated carbocycles. The number of hydrogen-bond acceptors (Lipinski definition) is 3. The molecule has 4 nitrogen and oxygen atoms in total. The van der Waals surface area contributed by atoms with E-state index >= 15 is 0 Å². The molecular formula is C12H18FNO3. The summed E-state index contributed by atoms with van der Waals surface area (Å²) >= 11 is 0. The molecule has 5 heteroatoms. The average molecular weight is 243 g/mol. The summed E-state index contributed by atoms with van der Waals surface area (Å²) in [4.78, 5) is 13.2. The van der Waals surface area contributed by atoms with Crippen molar-refractivity contribution in [1.29, 1.82) is 0 Å². The lowest BCUT2D eigenvalue weighted by atomic mass is 10.1. The number of carbonyl (C=O) groups is 1. The third-order valence-corrected chi connectivity index (χ3v) is 3.30. The molecule has 2 fully saturated rings. The first-order valence-electron chi connectivity index (χ1n) is 6.01. The number of hydrogen-bond donors (Lipinski definition) is 1. The summed E-state index contributed by atoms with van der Waals surface area (Å²) in [6.07, 6.45) is 1.93. The number of carbonyl (C=O) groups excluding carboxylic acids is 1. The molecule has 1 aliphatic heterocycles. The molecule has 96 valence electrons. The van der Waals surface area contributed by atoms with Crippen LogP contribution < -0.4 is 0 Å². The van der Waals surface area contributed by atoms with E-state index in [1.54, 1.807) is 6.92 Å². The van der Waals surface area contributed by atoms with Gasteiger partial charge in [-0.1, -0.05) is 0 Å². The van der Waals surface area contributed by atoms with Crippen molar-refractivity contribution in [3.05, 3.63) is 11.4 Å². The number of halogens is 1. The molecule has 0 atom stereocenters. The van der Waals surface area contributed by atoms with Crippen LogP contribution in [-0.4, -0.2) is 48.3 Å². The predicted molar refractivity (Wildman–Crippen MR) is 59.9 cm³/mol. The molecule has 1 N–H and O–H groups in total.